The van der Waals surface area contributed by atoms with Crippen LogP contribution in [0.15, 0.2) is 0 Å². The lowest BCUT2D eigenvalue weighted by Gasteiger charge is -2.35. The number of rotatable bonds is 3. The molecule has 4 fully saturated rings. The number of nitrogens with one attached hydrogen (secondary N) is 1. The third kappa shape index (κ3) is 1.74. The quantitative estimate of drug-likeness (QED) is 0.863. The minimum atomic E-state index is -0.649. The van der Waals surface area contributed by atoms with Crippen LogP contribution in [0.3, 0.4) is 0 Å². The van der Waals surface area contributed by atoms with Gasteiger partial charge in [0.1, 0.15) is 5.54 Å². The van der Waals surface area contributed by atoms with Crippen LogP contribution in [0, 0.1) is 23.7 Å². The van der Waals surface area contributed by atoms with E-state index in [1.165, 1.54) is 19.3 Å². The van der Waals surface area contributed by atoms with Crippen molar-refractivity contribution in [2.45, 2.75) is 64.0 Å². The number of amides is 2. The Labute approximate surface area is 126 Å². The third-order valence-corrected chi connectivity index (χ3v) is 6.89. The molecule has 2 amide bonds. The molecule has 1 heterocycles. The zero-order valence-corrected chi connectivity index (χ0v) is 13.1. The van der Waals surface area contributed by atoms with Crippen molar-refractivity contribution in [1.82, 2.24) is 10.2 Å². The van der Waals surface area contributed by atoms with E-state index in [1.807, 2.05) is 13.8 Å². The molecule has 0 spiro atoms. The van der Waals surface area contributed by atoms with Crippen LogP contribution in [-0.2, 0) is 9.59 Å². The monoisotopic (exact) mass is 290 g/mol. The number of nitrogens with zero attached hydrogens (tertiary/aromatic N) is 1. The molecule has 4 atom stereocenters. The maximum absolute atomic E-state index is 13.1. The van der Waals surface area contributed by atoms with Gasteiger partial charge in [-0.05, 0) is 55.8 Å². The van der Waals surface area contributed by atoms with Gasteiger partial charge in [-0.2, -0.15) is 0 Å². The van der Waals surface area contributed by atoms with Gasteiger partial charge in [0.2, 0.25) is 11.8 Å². The lowest BCUT2D eigenvalue weighted by atomic mass is 9.90. The molecule has 4 aliphatic rings. The molecular formula is C17H26N2O2. The molecule has 1 saturated heterocycles. The van der Waals surface area contributed by atoms with Gasteiger partial charge in [0.25, 0.3) is 0 Å². The van der Waals surface area contributed by atoms with Gasteiger partial charge < -0.3 is 10.2 Å². The first kappa shape index (κ1) is 13.6. The summed E-state index contributed by atoms with van der Waals surface area (Å²) in [7, 11) is 0. The van der Waals surface area contributed by atoms with E-state index in [-0.39, 0.29) is 11.8 Å². The van der Waals surface area contributed by atoms with Crippen molar-refractivity contribution >= 4 is 11.8 Å². The molecule has 116 valence electrons. The fourth-order valence-electron chi connectivity index (χ4n) is 5.69. The zero-order chi connectivity index (χ0) is 14.8. The van der Waals surface area contributed by atoms with E-state index >= 15 is 0 Å². The van der Waals surface area contributed by atoms with Crippen LogP contribution in [0.5, 0.6) is 0 Å². The molecule has 3 saturated carbocycles. The standard InChI is InChI=1S/C17H26N2O2/c1-3-17(4-2)16(21)19(8-7-12(20)18-17)15-13-10-5-6-11(9-10)14(13)15/h10-11,13-15H,3-9H2,1-2H3,(H,18,20). The van der Waals surface area contributed by atoms with Gasteiger partial charge in [0, 0.05) is 19.0 Å². The van der Waals surface area contributed by atoms with Gasteiger partial charge in [0.05, 0.1) is 0 Å². The van der Waals surface area contributed by atoms with Gasteiger partial charge in [-0.3, -0.25) is 9.59 Å². The van der Waals surface area contributed by atoms with Crippen molar-refractivity contribution in [3.05, 3.63) is 0 Å². The van der Waals surface area contributed by atoms with E-state index in [9.17, 15) is 9.59 Å². The second kappa shape index (κ2) is 4.47. The molecule has 4 heteroatoms. The van der Waals surface area contributed by atoms with Crippen LogP contribution >= 0.6 is 0 Å². The third-order valence-electron chi connectivity index (χ3n) is 6.89. The van der Waals surface area contributed by atoms with Crippen molar-refractivity contribution in [3.63, 3.8) is 0 Å². The molecule has 4 rings (SSSR count). The van der Waals surface area contributed by atoms with Crippen molar-refractivity contribution < 1.29 is 9.59 Å². The number of carbonyl (C=O) groups excluding carboxylic acids is 2. The molecule has 1 aliphatic heterocycles. The second-order valence-corrected chi connectivity index (χ2v) is 7.56. The van der Waals surface area contributed by atoms with Crippen LogP contribution in [-0.4, -0.2) is 34.8 Å². The highest BCUT2D eigenvalue weighted by Gasteiger charge is 2.68. The second-order valence-electron chi connectivity index (χ2n) is 7.56. The minimum Gasteiger partial charge on any atom is -0.342 e. The van der Waals surface area contributed by atoms with Crippen molar-refractivity contribution in [2.75, 3.05) is 6.54 Å². The highest BCUT2D eigenvalue weighted by Crippen LogP contribution is 2.67. The minimum absolute atomic E-state index is 0.0448. The normalized spacial score (nSPS) is 43.5. The topological polar surface area (TPSA) is 49.4 Å². The lowest BCUT2D eigenvalue weighted by molar-refractivity contribution is -0.140. The smallest absolute Gasteiger partial charge is 0.248 e. The predicted octanol–water partition coefficient (Wildman–Crippen LogP) is 1.94. The van der Waals surface area contributed by atoms with Crippen LogP contribution in [0.25, 0.3) is 0 Å². The molecule has 21 heavy (non-hydrogen) atoms. The summed E-state index contributed by atoms with van der Waals surface area (Å²) in [5, 5.41) is 3.03. The van der Waals surface area contributed by atoms with Gasteiger partial charge in [0.15, 0.2) is 0 Å². The Morgan fingerprint density at radius 1 is 1.14 bits per heavy atom. The summed E-state index contributed by atoms with van der Waals surface area (Å²) >= 11 is 0. The fraction of sp³-hybridized carbons (Fsp3) is 0.882. The fourth-order valence-corrected chi connectivity index (χ4v) is 5.69. The van der Waals surface area contributed by atoms with Gasteiger partial charge in [-0.15, -0.1) is 0 Å². The molecule has 4 nitrogen and oxygen atoms in total. The average Bonchev–Trinajstić information content (AvgIpc) is 2.94. The molecule has 3 aliphatic carbocycles. The summed E-state index contributed by atoms with van der Waals surface area (Å²) in [6, 6.07) is 0.453. The van der Waals surface area contributed by atoms with Gasteiger partial charge in [-0.25, -0.2) is 0 Å². The molecule has 4 unspecified atom stereocenters. The van der Waals surface area contributed by atoms with Crippen LogP contribution in [0.1, 0.15) is 52.4 Å². The summed E-state index contributed by atoms with van der Waals surface area (Å²) < 4.78 is 0. The van der Waals surface area contributed by atoms with Crippen molar-refractivity contribution in [3.8, 4) is 0 Å². The molecule has 0 aromatic heterocycles. The SMILES string of the molecule is CCC1(CC)NC(=O)CCN(C2C3C4CCC(C4)C32)C1=O. The first-order valence-electron chi connectivity index (χ1n) is 8.73. The number of carbonyl (C=O) groups is 2. The molecule has 0 aromatic carbocycles. The molecular weight excluding hydrogens is 264 g/mol. The first-order chi connectivity index (χ1) is 10.1. The summed E-state index contributed by atoms with van der Waals surface area (Å²) in [6.07, 6.45) is 6.00. The maximum Gasteiger partial charge on any atom is 0.248 e. The first-order valence-corrected chi connectivity index (χ1v) is 8.73. The van der Waals surface area contributed by atoms with E-state index in [0.717, 1.165) is 23.7 Å². The number of fused-ring (bicyclic) bond motifs is 5. The largest absolute Gasteiger partial charge is 0.342 e. The lowest BCUT2D eigenvalue weighted by Crippen LogP contribution is -2.57. The Hall–Kier alpha value is -1.06. The molecule has 1 N–H and O–H groups in total. The number of hydrogen-bond donors (Lipinski definition) is 1. The summed E-state index contributed by atoms with van der Waals surface area (Å²) in [6.45, 7) is 4.66. The van der Waals surface area contributed by atoms with Crippen molar-refractivity contribution in [2.24, 2.45) is 23.7 Å². The predicted molar refractivity (Wildman–Crippen MR) is 79.4 cm³/mol. The van der Waals surface area contributed by atoms with E-state index in [0.29, 0.717) is 31.8 Å². The van der Waals surface area contributed by atoms with Gasteiger partial charge in [-0.1, -0.05) is 13.8 Å². The van der Waals surface area contributed by atoms with E-state index in [1.54, 1.807) is 0 Å². The van der Waals surface area contributed by atoms with Crippen molar-refractivity contribution in [1.29, 1.82) is 0 Å². The highest BCUT2D eigenvalue weighted by atomic mass is 16.2. The van der Waals surface area contributed by atoms with Crippen LogP contribution in [0.2, 0.25) is 0 Å². The Morgan fingerprint density at radius 2 is 1.76 bits per heavy atom. The summed E-state index contributed by atoms with van der Waals surface area (Å²) in [5.74, 6) is 3.48. The maximum atomic E-state index is 13.1. The Kier molecular flexibility index (Phi) is 2.89. The van der Waals surface area contributed by atoms with E-state index in [4.69, 9.17) is 0 Å². The van der Waals surface area contributed by atoms with Crippen LogP contribution < -0.4 is 5.32 Å². The highest BCUT2D eigenvalue weighted by molar-refractivity contribution is 5.94. The van der Waals surface area contributed by atoms with Crippen LogP contribution in [0.4, 0.5) is 0 Å². The van der Waals surface area contributed by atoms with E-state index < -0.39 is 5.54 Å². The molecule has 0 radical (unpaired) electrons. The molecule has 0 aromatic rings. The Bertz CT molecular complexity index is 469. The van der Waals surface area contributed by atoms with E-state index in [2.05, 4.69) is 10.2 Å². The number of hydrogen-bond acceptors (Lipinski definition) is 2. The summed E-state index contributed by atoms with van der Waals surface area (Å²) in [5.41, 5.74) is -0.649. The van der Waals surface area contributed by atoms with Gasteiger partial charge >= 0.3 is 0 Å². The average molecular weight is 290 g/mol. The molecule has 2 bridgehead atoms. The Balaban J connectivity index is 1.60. The zero-order valence-electron chi connectivity index (χ0n) is 13.1. The Morgan fingerprint density at radius 3 is 2.33 bits per heavy atom. The summed E-state index contributed by atoms with van der Waals surface area (Å²) in [4.78, 5) is 27.3.